The molecule has 0 N–H and O–H groups in total. The fourth-order valence-electron chi connectivity index (χ4n) is 5.63. The van der Waals surface area contributed by atoms with E-state index in [1.807, 2.05) is 48.5 Å². The molecule has 0 spiro atoms. The molecule has 3 nitrogen and oxygen atoms in total. The smallest absolute Gasteiger partial charge is 0.127 e. The van der Waals surface area contributed by atoms with Crippen LogP contribution < -0.4 is 4.74 Å². The van der Waals surface area contributed by atoms with Gasteiger partial charge in [0.15, 0.2) is 0 Å². The van der Waals surface area contributed by atoms with Crippen molar-refractivity contribution in [3.63, 3.8) is 0 Å². The molecule has 0 aliphatic rings. The maximum atomic E-state index is 5.95. The van der Waals surface area contributed by atoms with E-state index in [1.54, 1.807) is 0 Å². The predicted octanol–water partition coefficient (Wildman–Crippen LogP) is 11.5. The molecule has 216 valence electrons. The van der Waals surface area contributed by atoms with Crippen molar-refractivity contribution < 1.29 is 4.74 Å². The predicted molar refractivity (Wildman–Crippen MR) is 181 cm³/mol. The molecule has 6 rings (SSSR count). The average Bonchev–Trinajstić information content (AvgIpc) is 3.05. The summed E-state index contributed by atoms with van der Waals surface area (Å²) >= 11 is 0. The van der Waals surface area contributed by atoms with Crippen molar-refractivity contribution in [3.05, 3.63) is 190 Å². The Kier molecular flexibility index (Phi) is 8.21. The van der Waals surface area contributed by atoms with E-state index < -0.39 is 5.41 Å². The molecular formula is C41H36N2O. The van der Waals surface area contributed by atoms with Crippen LogP contribution in [0.3, 0.4) is 0 Å². The Hall–Kier alpha value is -5.28. The summed E-state index contributed by atoms with van der Waals surface area (Å²) in [6.45, 7) is 8.46. The van der Waals surface area contributed by atoms with Crippen LogP contribution in [0.25, 0.3) is 0 Å². The van der Waals surface area contributed by atoms with Crippen LogP contribution in [0.4, 0.5) is 11.4 Å². The molecule has 0 amide bonds. The molecule has 0 saturated carbocycles. The highest BCUT2D eigenvalue weighted by molar-refractivity contribution is 5.61. The molecule has 0 aliphatic heterocycles. The van der Waals surface area contributed by atoms with Gasteiger partial charge in [-0.05, 0) is 98.5 Å². The van der Waals surface area contributed by atoms with Crippen molar-refractivity contribution in [2.45, 2.75) is 33.1 Å². The molecule has 0 atom stereocenters. The summed E-state index contributed by atoms with van der Waals surface area (Å²) in [4.78, 5) is 0. The van der Waals surface area contributed by atoms with Crippen LogP contribution in [0.2, 0.25) is 0 Å². The molecule has 0 fully saturated rings. The van der Waals surface area contributed by atoms with Gasteiger partial charge in [-0.15, -0.1) is 0 Å². The molecule has 3 heteroatoms. The zero-order valence-electron chi connectivity index (χ0n) is 25.7. The second-order valence-electron chi connectivity index (χ2n) is 11.5. The van der Waals surface area contributed by atoms with Gasteiger partial charge in [0.1, 0.15) is 11.5 Å². The average molecular weight is 573 g/mol. The van der Waals surface area contributed by atoms with E-state index in [9.17, 15) is 0 Å². The molecule has 6 aromatic carbocycles. The van der Waals surface area contributed by atoms with Crippen molar-refractivity contribution >= 4 is 11.4 Å². The number of ether oxygens (including phenoxy) is 1. The Bertz CT molecular complexity index is 1740. The number of nitrogens with zero attached hydrogens (tertiary/aromatic N) is 2. The van der Waals surface area contributed by atoms with Crippen LogP contribution in [0, 0.1) is 27.7 Å². The van der Waals surface area contributed by atoms with E-state index in [2.05, 4.69) is 135 Å². The minimum Gasteiger partial charge on any atom is -0.457 e. The second kappa shape index (κ2) is 12.5. The van der Waals surface area contributed by atoms with Gasteiger partial charge in [0.2, 0.25) is 0 Å². The number of aryl methyl sites for hydroxylation is 4. The quantitative estimate of drug-likeness (QED) is 0.132. The number of hydrogen-bond acceptors (Lipinski definition) is 3. The van der Waals surface area contributed by atoms with E-state index in [-0.39, 0.29) is 0 Å². The third-order valence-corrected chi connectivity index (χ3v) is 8.13. The fraction of sp³-hybridized carbons (Fsp3) is 0.122. The van der Waals surface area contributed by atoms with Crippen molar-refractivity contribution in [2.24, 2.45) is 10.2 Å². The topological polar surface area (TPSA) is 34.0 Å². The van der Waals surface area contributed by atoms with Gasteiger partial charge in [-0.1, -0.05) is 119 Å². The van der Waals surface area contributed by atoms with E-state index in [0.29, 0.717) is 0 Å². The number of rotatable bonds is 8. The Morgan fingerprint density at radius 1 is 0.341 bits per heavy atom. The standard InChI is InChI=1S/C41H36N2O/c1-29-5-13-33(14-6-29)41(34-15-7-30(2)8-16-34,35-17-9-31(3)10-18-35)36-19-21-37(22-20-36)42-43-38-23-27-40(28-24-38)44-39-25-11-32(4)12-26-39/h5-28H,1-4H3. The van der Waals surface area contributed by atoms with Crippen LogP contribution in [-0.2, 0) is 5.41 Å². The highest BCUT2D eigenvalue weighted by atomic mass is 16.5. The lowest BCUT2D eigenvalue weighted by atomic mass is 9.65. The van der Waals surface area contributed by atoms with Crippen LogP contribution in [0.1, 0.15) is 44.5 Å². The Morgan fingerprint density at radius 2 is 0.591 bits per heavy atom. The summed E-state index contributed by atoms with van der Waals surface area (Å²) in [5.74, 6) is 1.57. The van der Waals surface area contributed by atoms with Gasteiger partial charge >= 0.3 is 0 Å². The summed E-state index contributed by atoms with van der Waals surface area (Å²) in [6, 6.07) is 50.9. The fourth-order valence-corrected chi connectivity index (χ4v) is 5.63. The molecular weight excluding hydrogens is 536 g/mol. The molecule has 0 saturated heterocycles. The highest BCUT2D eigenvalue weighted by Crippen LogP contribution is 2.45. The normalized spacial score (nSPS) is 11.5. The van der Waals surface area contributed by atoms with Gasteiger partial charge < -0.3 is 4.74 Å². The first-order valence-electron chi connectivity index (χ1n) is 15.0. The number of azo groups is 1. The first kappa shape index (κ1) is 28.8. The van der Waals surface area contributed by atoms with Crippen molar-refractivity contribution in [2.75, 3.05) is 0 Å². The number of benzene rings is 6. The summed E-state index contributed by atoms with van der Waals surface area (Å²) in [5, 5.41) is 9.06. The van der Waals surface area contributed by atoms with E-state index in [4.69, 9.17) is 4.74 Å². The van der Waals surface area contributed by atoms with Crippen LogP contribution in [-0.4, -0.2) is 0 Å². The third kappa shape index (κ3) is 6.09. The maximum absolute atomic E-state index is 5.95. The Labute approximate surface area is 260 Å². The molecule has 0 aliphatic carbocycles. The SMILES string of the molecule is Cc1ccc(Oc2ccc(N=Nc3ccc(C(c4ccc(C)cc4)(c4ccc(C)cc4)c4ccc(C)cc4)cc3)cc2)cc1. The lowest BCUT2D eigenvalue weighted by Gasteiger charge is -2.37. The lowest BCUT2D eigenvalue weighted by Crippen LogP contribution is -2.31. The molecule has 0 radical (unpaired) electrons. The van der Waals surface area contributed by atoms with Gasteiger partial charge in [-0.2, -0.15) is 10.2 Å². The molecule has 0 bridgehead atoms. The van der Waals surface area contributed by atoms with Crippen molar-refractivity contribution in [3.8, 4) is 11.5 Å². The zero-order valence-corrected chi connectivity index (χ0v) is 25.7. The van der Waals surface area contributed by atoms with Gasteiger partial charge in [-0.25, -0.2) is 0 Å². The highest BCUT2D eigenvalue weighted by Gasteiger charge is 2.38. The minimum absolute atomic E-state index is 0.502. The molecule has 6 aromatic rings. The monoisotopic (exact) mass is 572 g/mol. The molecule has 44 heavy (non-hydrogen) atoms. The van der Waals surface area contributed by atoms with E-state index in [0.717, 1.165) is 22.9 Å². The molecule has 0 heterocycles. The van der Waals surface area contributed by atoms with Crippen molar-refractivity contribution in [1.82, 2.24) is 0 Å². The van der Waals surface area contributed by atoms with Crippen LogP contribution >= 0.6 is 0 Å². The van der Waals surface area contributed by atoms with E-state index in [1.165, 1.54) is 44.5 Å². The first-order chi connectivity index (χ1) is 21.4. The van der Waals surface area contributed by atoms with E-state index >= 15 is 0 Å². The lowest BCUT2D eigenvalue weighted by molar-refractivity contribution is 0.482. The molecule has 0 aromatic heterocycles. The summed E-state index contributed by atoms with van der Waals surface area (Å²) in [6.07, 6.45) is 0. The second-order valence-corrected chi connectivity index (χ2v) is 11.5. The molecule has 0 unspecified atom stereocenters. The largest absolute Gasteiger partial charge is 0.457 e. The first-order valence-corrected chi connectivity index (χ1v) is 15.0. The van der Waals surface area contributed by atoms with Gasteiger partial charge in [-0.3, -0.25) is 0 Å². The third-order valence-electron chi connectivity index (χ3n) is 8.13. The Balaban J connectivity index is 1.34. The van der Waals surface area contributed by atoms with Gasteiger partial charge in [0.25, 0.3) is 0 Å². The maximum Gasteiger partial charge on any atom is 0.127 e. The van der Waals surface area contributed by atoms with Gasteiger partial charge in [0.05, 0.1) is 16.8 Å². The number of hydrogen-bond donors (Lipinski definition) is 0. The zero-order chi connectivity index (χ0) is 30.5. The van der Waals surface area contributed by atoms with Crippen LogP contribution in [0.15, 0.2) is 156 Å². The van der Waals surface area contributed by atoms with Crippen molar-refractivity contribution in [1.29, 1.82) is 0 Å². The minimum atomic E-state index is -0.502. The summed E-state index contributed by atoms with van der Waals surface area (Å²) < 4.78 is 5.95. The van der Waals surface area contributed by atoms with Crippen LogP contribution in [0.5, 0.6) is 11.5 Å². The van der Waals surface area contributed by atoms with Gasteiger partial charge in [0, 0.05) is 0 Å². The summed E-state index contributed by atoms with van der Waals surface area (Å²) in [5.41, 5.74) is 10.8. The summed E-state index contributed by atoms with van der Waals surface area (Å²) in [7, 11) is 0. The Morgan fingerprint density at radius 3 is 0.932 bits per heavy atom.